The molecule has 4 nitrogen and oxygen atoms in total. The molecular weight excluding hydrogens is 246 g/mol. The summed E-state index contributed by atoms with van der Waals surface area (Å²) in [6.07, 6.45) is 1.63. The Morgan fingerprint density at radius 3 is 3.00 bits per heavy atom. The van der Waals surface area contributed by atoms with E-state index >= 15 is 0 Å². The number of benzene rings is 1. The summed E-state index contributed by atoms with van der Waals surface area (Å²) in [5, 5.41) is 8.94. The number of rotatable bonds is 2. The monoisotopic (exact) mass is 255 g/mol. The molecule has 0 saturated carbocycles. The Morgan fingerprint density at radius 2 is 2.28 bits per heavy atom. The maximum atomic E-state index is 8.94. The second-order valence-corrected chi connectivity index (χ2v) is 4.33. The van der Waals surface area contributed by atoms with Crippen LogP contribution in [0.25, 0.3) is 11.0 Å². The first-order chi connectivity index (χ1) is 8.78. The number of imidazole rings is 1. The van der Waals surface area contributed by atoms with E-state index in [9.17, 15) is 0 Å². The summed E-state index contributed by atoms with van der Waals surface area (Å²) in [6.45, 7) is 0.556. The van der Waals surface area contributed by atoms with Crippen LogP contribution in [0, 0.1) is 16.1 Å². The van der Waals surface area contributed by atoms with E-state index in [-0.39, 0.29) is 0 Å². The number of aromatic amines is 1. The highest BCUT2D eigenvalue weighted by molar-refractivity contribution is 7.71. The van der Waals surface area contributed by atoms with E-state index < -0.39 is 0 Å². The Kier molecular flexibility index (Phi) is 2.50. The van der Waals surface area contributed by atoms with Crippen LogP contribution in [0.2, 0.25) is 0 Å². The molecule has 0 amide bonds. The molecule has 88 valence electrons. The molecule has 3 aromatic rings. The number of H-pyrrole nitrogens is 1. The molecule has 0 aliphatic carbocycles. The highest BCUT2D eigenvalue weighted by Gasteiger charge is 2.07. The van der Waals surface area contributed by atoms with E-state index in [0.29, 0.717) is 16.9 Å². The molecule has 2 aromatic heterocycles. The zero-order valence-corrected chi connectivity index (χ0v) is 10.2. The van der Waals surface area contributed by atoms with Gasteiger partial charge < -0.3 is 14.0 Å². The molecular formula is C13H9N3OS. The highest BCUT2D eigenvalue weighted by Crippen LogP contribution is 2.17. The number of fused-ring (bicyclic) bond motifs is 1. The van der Waals surface area contributed by atoms with Crippen LogP contribution in [0.3, 0.4) is 0 Å². The summed E-state index contributed by atoms with van der Waals surface area (Å²) >= 11 is 5.29. The molecule has 2 heterocycles. The smallest absolute Gasteiger partial charge is 0.178 e. The number of aromatic nitrogens is 2. The predicted octanol–water partition coefficient (Wildman–Crippen LogP) is 3.21. The van der Waals surface area contributed by atoms with E-state index in [1.807, 2.05) is 28.8 Å². The molecule has 5 heteroatoms. The van der Waals surface area contributed by atoms with Crippen molar-refractivity contribution in [3.05, 3.63) is 52.7 Å². The number of nitrogens with one attached hydrogen (secondary N) is 1. The van der Waals surface area contributed by atoms with Crippen molar-refractivity contribution in [2.24, 2.45) is 0 Å². The topological polar surface area (TPSA) is 57.6 Å². The van der Waals surface area contributed by atoms with Crippen molar-refractivity contribution in [2.75, 3.05) is 0 Å². The highest BCUT2D eigenvalue weighted by atomic mass is 32.1. The number of hydrogen-bond acceptors (Lipinski definition) is 3. The fraction of sp³-hybridized carbons (Fsp3) is 0.0769. The van der Waals surface area contributed by atoms with Gasteiger partial charge in [-0.3, -0.25) is 0 Å². The van der Waals surface area contributed by atoms with Gasteiger partial charge in [-0.1, -0.05) is 0 Å². The second-order valence-electron chi connectivity index (χ2n) is 3.94. The molecule has 1 aromatic carbocycles. The SMILES string of the molecule is N#Cc1ccc2[nH]c(=S)n(Cc3ccco3)c2c1. The molecule has 0 bridgehead atoms. The van der Waals surface area contributed by atoms with Crippen LogP contribution < -0.4 is 0 Å². The van der Waals surface area contributed by atoms with E-state index in [0.717, 1.165) is 16.8 Å². The molecule has 0 radical (unpaired) electrons. The van der Waals surface area contributed by atoms with E-state index in [2.05, 4.69) is 11.1 Å². The van der Waals surface area contributed by atoms with E-state index in [4.69, 9.17) is 21.9 Å². The van der Waals surface area contributed by atoms with Gasteiger partial charge >= 0.3 is 0 Å². The van der Waals surface area contributed by atoms with Gasteiger partial charge in [-0.2, -0.15) is 5.26 Å². The summed E-state index contributed by atoms with van der Waals surface area (Å²) in [5.41, 5.74) is 2.45. The zero-order valence-electron chi connectivity index (χ0n) is 9.38. The van der Waals surface area contributed by atoms with Crippen molar-refractivity contribution in [3.63, 3.8) is 0 Å². The van der Waals surface area contributed by atoms with Gasteiger partial charge in [-0.15, -0.1) is 0 Å². The summed E-state index contributed by atoms with van der Waals surface area (Å²) in [7, 11) is 0. The lowest BCUT2D eigenvalue weighted by molar-refractivity contribution is 0.495. The average molecular weight is 255 g/mol. The molecule has 1 N–H and O–H groups in total. The Bertz CT molecular complexity index is 790. The van der Waals surface area contributed by atoms with E-state index in [1.54, 1.807) is 12.3 Å². The first kappa shape index (κ1) is 10.8. The maximum Gasteiger partial charge on any atom is 0.178 e. The molecule has 0 unspecified atom stereocenters. The van der Waals surface area contributed by atoms with Crippen molar-refractivity contribution in [1.29, 1.82) is 5.26 Å². The number of nitrogens with zero attached hydrogens (tertiary/aromatic N) is 2. The second kappa shape index (κ2) is 4.17. The van der Waals surface area contributed by atoms with Crippen LogP contribution >= 0.6 is 12.2 Å². The third kappa shape index (κ3) is 1.73. The standard InChI is InChI=1S/C13H9N3OS/c14-7-9-3-4-11-12(6-9)16(13(18)15-11)8-10-2-1-5-17-10/h1-6H,8H2,(H,15,18). The van der Waals surface area contributed by atoms with Crippen LogP contribution in [-0.4, -0.2) is 9.55 Å². The molecule has 3 rings (SSSR count). The van der Waals surface area contributed by atoms with Crippen molar-refractivity contribution >= 4 is 23.3 Å². The predicted molar refractivity (Wildman–Crippen MR) is 69.6 cm³/mol. The first-order valence-corrected chi connectivity index (χ1v) is 5.84. The van der Waals surface area contributed by atoms with Gasteiger partial charge in [-0.05, 0) is 42.5 Å². The number of nitriles is 1. The molecule has 0 fully saturated rings. The lowest BCUT2D eigenvalue weighted by atomic mass is 10.2. The van der Waals surface area contributed by atoms with Gasteiger partial charge in [0.1, 0.15) is 5.76 Å². The van der Waals surface area contributed by atoms with Crippen LogP contribution in [-0.2, 0) is 6.54 Å². The minimum Gasteiger partial charge on any atom is -0.467 e. The summed E-state index contributed by atoms with van der Waals surface area (Å²) in [5.74, 6) is 0.828. The number of hydrogen-bond donors (Lipinski definition) is 1. The Balaban J connectivity index is 2.18. The van der Waals surface area contributed by atoms with Gasteiger partial charge in [0.25, 0.3) is 0 Å². The molecule has 0 spiro atoms. The Morgan fingerprint density at radius 1 is 1.39 bits per heavy atom. The number of furan rings is 1. The molecule has 0 atom stereocenters. The Labute approximate surface area is 108 Å². The van der Waals surface area contributed by atoms with Gasteiger partial charge in [0.2, 0.25) is 0 Å². The Hall–Kier alpha value is -2.32. The molecule has 18 heavy (non-hydrogen) atoms. The first-order valence-electron chi connectivity index (χ1n) is 5.43. The van der Waals surface area contributed by atoms with Gasteiger partial charge in [0.05, 0.1) is 35.5 Å². The van der Waals surface area contributed by atoms with E-state index in [1.165, 1.54) is 0 Å². The zero-order chi connectivity index (χ0) is 12.5. The van der Waals surface area contributed by atoms with Crippen molar-refractivity contribution < 1.29 is 4.42 Å². The molecule has 0 aliphatic heterocycles. The quantitative estimate of drug-likeness (QED) is 0.715. The minimum absolute atomic E-state index is 0.556. The summed E-state index contributed by atoms with van der Waals surface area (Å²) in [4.78, 5) is 3.12. The van der Waals surface area contributed by atoms with Gasteiger partial charge in [0, 0.05) is 0 Å². The average Bonchev–Trinajstić information content (AvgIpc) is 2.99. The minimum atomic E-state index is 0.556. The normalized spacial score (nSPS) is 10.6. The van der Waals surface area contributed by atoms with Gasteiger partial charge in [0.15, 0.2) is 4.77 Å². The molecule has 0 aliphatic rings. The van der Waals surface area contributed by atoms with Crippen molar-refractivity contribution in [1.82, 2.24) is 9.55 Å². The van der Waals surface area contributed by atoms with Crippen molar-refractivity contribution in [2.45, 2.75) is 6.54 Å². The van der Waals surface area contributed by atoms with Gasteiger partial charge in [-0.25, -0.2) is 0 Å². The summed E-state index contributed by atoms with van der Waals surface area (Å²) < 4.78 is 7.86. The third-order valence-corrected chi connectivity index (χ3v) is 3.12. The van der Waals surface area contributed by atoms with Crippen molar-refractivity contribution in [3.8, 4) is 6.07 Å². The fourth-order valence-electron chi connectivity index (χ4n) is 1.94. The largest absolute Gasteiger partial charge is 0.467 e. The third-order valence-electron chi connectivity index (χ3n) is 2.80. The van der Waals surface area contributed by atoms with Crippen LogP contribution in [0.4, 0.5) is 0 Å². The lowest BCUT2D eigenvalue weighted by Crippen LogP contribution is -1.98. The maximum absolute atomic E-state index is 8.94. The van der Waals surface area contributed by atoms with Crippen LogP contribution in [0.5, 0.6) is 0 Å². The lowest BCUT2D eigenvalue weighted by Gasteiger charge is -2.01. The fourth-order valence-corrected chi connectivity index (χ4v) is 2.21. The van der Waals surface area contributed by atoms with Crippen LogP contribution in [0.1, 0.15) is 11.3 Å². The molecule has 0 saturated heterocycles. The van der Waals surface area contributed by atoms with Crippen LogP contribution in [0.15, 0.2) is 41.0 Å². The summed E-state index contributed by atoms with van der Waals surface area (Å²) in [6, 6.07) is 11.3.